The maximum absolute atomic E-state index is 9.63. The molecule has 0 spiro atoms. The first kappa shape index (κ1) is 15.5. The molecule has 1 aromatic heterocycles. The van der Waals surface area contributed by atoms with E-state index < -0.39 is 53.9 Å². The van der Waals surface area contributed by atoms with E-state index in [0.29, 0.717) is 5.56 Å². The summed E-state index contributed by atoms with van der Waals surface area (Å²) < 4.78 is 103. The molecule has 0 aliphatic carbocycles. The van der Waals surface area contributed by atoms with Gasteiger partial charge in [0.15, 0.2) is 0 Å². The Morgan fingerprint density at radius 3 is 1.81 bits per heavy atom. The van der Waals surface area contributed by atoms with Gasteiger partial charge in [-0.25, -0.2) is 0 Å². The summed E-state index contributed by atoms with van der Waals surface area (Å²) >= 11 is 0. The van der Waals surface area contributed by atoms with Gasteiger partial charge in [-0.15, -0.1) is 0 Å². The van der Waals surface area contributed by atoms with Crippen LogP contribution in [0.3, 0.4) is 0 Å². The Morgan fingerprint density at radius 1 is 0.442 bits per heavy atom. The maximum atomic E-state index is 9.63. The lowest BCUT2D eigenvalue weighted by Gasteiger charge is -2.18. The summed E-state index contributed by atoms with van der Waals surface area (Å²) in [4.78, 5) is 0. The van der Waals surface area contributed by atoms with Crippen LogP contribution in [-0.4, -0.2) is 0 Å². The number of para-hydroxylation sites is 1. The highest BCUT2D eigenvalue weighted by Crippen LogP contribution is 2.45. The zero-order valence-electron chi connectivity index (χ0n) is 33.6. The van der Waals surface area contributed by atoms with Crippen LogP contribution in [0.1, 0.15) is 15.1 Å². The summed E-state index contributed by atoms with van der Waals surface area (Å²) in [5, 5.41) is 5.14. The van der Waals surface area contributed by atoms with Gasteiger partial charge in [0, 0.05) is 16.3 Å². The van der Waals surface area contributed by atoms with Crippen molar-refractivity contribution in [3.05, 3.63) is 157 Å². The monoisotopic (exact) mass is 557 g/mol. The van der Waals surface area contributed by atoms with Crippen LogP contribution in [0.5, 0.6) is 0 Å². The summed E-state index contributed by atoms with van der Waals surface area (Å²) in [7, 11) is 0. The predicted molar refractivity (Wildman–Crippen MR) is 183 cm³/mol. The van der Waals surface area contributed by atoms with Crippen molar-refractivity contribution >= 4 is 54.3 Å². The fourth-order valence-corrected chi connectivity index (χ4v) is 6.15. The minimum Gasteiger partial charge on any atom is -0.455 e. The van der Waals surface area contributed by atoms with E-state index in [-0.39, 0.29) is 51.2 Å². The number of fused-ring (bicyclic) bond motifs is 6. The van der Waals surface area contributed by atoms with E-state index in [1.807, 2.05) is 60.7 Å². The third-order valence-electron chi connectivity index (χ3n) is 8.03. The first-order valence-electron chi connectivity index (χ1n) is 19.4. The van der Waals surface area contributed by atoms with Gasteiger partial charge in [-0.3, -0.25) is 0 Å². The molecular formula is C42H26O. The normalized spacial score (nSPS) is 15.3. The van der Waals surface area contributed by atoms with E-state index in [1.54, 1.807) is 0 Å². The molecule has 0 aliphatic rings. The van der Waals surface area contributed by atoms with E-state index in [2.05, 4.69) is 30.3 Å². The van der Waals surface area contributed by atoms with Crippen LogP contribution in [0.15, 0.2) is 162 Å². The predicted octanol–water partition coefficient (Wildman–Crippen LogP) is 12.0. The Hall–Kier alpha value is -5.66. The van der Waals surface area contributed by atoms with Gasteiger partial charge in [0.1, 0.15) is 11.2 Å². The molecule has 8 aromatic carbocycles. The number of furan rings is 1. The van der Waals surface area contributed by atoms with Gasteiger partial charge in [0.05, 0.1) is 15.1 Å². The van der Waals surface area contributed by atoms with Crippen LogP contribution in [-0.2, 0) is 0 Å². The average Bonchev–Trinajstić information content (AvgIpc) is 3.59. The first-order valence-corrected chi connectivity index (χ1v) is 13.9. The highest BCUT2D eigenvalue weighted by atomic mass is 16.3. The molecule has 9 rings (SSSR count). The second kappa shape index (κ2) is 9.44. The van der Waals surface area contributed by atoms with E-state index in [1.165, 1.54) is 0 Å². The van der Waals surface area contributed by atoms with Gasteiger partial charge in [0.2, 0.25) is 0 Å². The average molecular weight is 558 g/mol. The number of rotatable bonds is 3. The molecule has 9 aromatic rings. The molecule has 0 saturated carbocycles. The molecule has 0 unspecified atom stereocenters. The van der Waals surface area contributed by atoms with Crippen molar-refractivity contribution in [3.63, 3.8) is 0 Å². The standard InChI is InChI=1S/C42H26O/c1-2-12-28(13-3-1)32-19-10-20-38-33-24-23-31(26-39(33)43-42(32)38)41-36-17-8-6-15-34(36)40(35-16-7-9-18-37(35)41)30-22-21-27-11-4-5-14-29(27)25-30/h1-26H/i1D,2D,3D,10D,12D,13D,19D,20D,23D,24D,26D. The van der Waals surface area contributed by atoms with E-state index in [4.69, 9.17) is 15.4 Å². The molecule has 43 heavy (non-hydrogen) atoms. The Labute approximate surface area is 264 Å². The topological polar surface area (TPSA) is 13.1 Å². The molecular weight excluding hydrogens is 520 g/mol. The van der Waals surface area contributed by atoms with E-state index >= 15 is 0 Å². The molecule has 0 aliphatic heterocycles. The van der Waals surface area contributed by atoms with Crippen LogP contribution in [0, 0.1) is 0 Å². The van der Waals surface area contributed by atoms with Crippen molar-refractivity contribution in [3.8, 4) is 33.4 Å². The van der Waals surface area contributed by atoms with Gasteiger partial charge in [-0.2, -0.15) is 0 Å². The first-order chi connectivity index (χ1) is 25.9. The van der Waals surface area contributed by atoms with Gasteiger partial charge in [-0.1, -0.05) is 139 Å². The summed E-state index contributed by atoms with van der Waals surface area (Å²) in [5.74, 6) is 0. The summed E-state index contributed by atoms with van der Waals surface area (Å²) in [6, 6.07) is 24.0. The molecule has 1 heteroatoms. The van der Waals surface area contributed by atoms with Crippen LogP contribution in [0.25, 0.3) is 87.6 Å². The van der Waals surface area contributed by atoms with Crippen molar-refractivity contribution in [2.45, 2.75) is 0 Å². The van der Waals surface area contributed by atoms with Gasteiger partial charge in [-0.05, 0) is 78.3 Å². The fourth-order valence-electron chi connectivity index (χ4n) is 6.15. The molecule has 0 fully saturated rings. The minimum atomic E-state index is -0.653. The summed E-state index contributed by atoms with van der Waals surface area (Å²) in [6.07, 6.45) is 0. The molecule has 1 nitrogen and oxygen atoms in total. The summed E-state index contributed by atoms with van der Waals surface area (Å²) in [5.41, 5.74) is 1.44. The Bertz CT molecular complexity index is 3040. The number of hydrogen-bond acceptors (Lipinski definition) is 1. The molecule has 0 atom stereocenters. The Kier molecular flexibility index (Phi) is 3.41. The van der Waals surface area contributed by atoms with Crippen molar-refractivity contribution in [2.24, 2.45) is 0 Å². The molecule has 1 heterocycles. The smallest absolute Gasteiger partial charge is 0.143 e. The zero-order chi connectivity index (χ0) is 37.9. The fraction of sp³-hybridized carbons (Fsp3) is 0. The SMILES string of the molecule is [2H]c1c([2H])c([2H])c(-c2c([2H])c([2H])c([2H])c3c2oc2c([2H])c(-c4c5ccccc5c(-c5ccc6ccccc6c5)c5ccccc45)c([2H])c([2H])c23)c([2H])c1[2H]. The second-order valence-electron chi connectivity index (χ2n) is 10.4. The van der Waals surface area contributed by atoms with E-state index in [0.717, 1.165) is 43.4 Å². The zero-order valence-corrected chi connectivity index (χ0v) is 22.6. The maximum Gasteiger partial charge on any atom is 0.143 e. The molecule has 0 amide bonds. The third-order valence-corrected chi connectivity index (χ3v) is 8.03. The second-order valence-corrected chi connectivity index (χ2v) is 10.4. The van der Waals surface area contributed by atoms with Crippen LogP contribution in [0.4, 0.5) is 0 Å². The minimum absolute atomic E-state index is 0.0998. The molecule has 0 saturated heterocycles. The Morgan fingerprint density at radius 2 is 1.09 bits per heavy atom. The van der Waals surface area contributed by atoms with Gasteiger partial charge in [0.25, 0.3) is 0 Å². The largest absolute Gasteiger partial charge is 0.455 e. The van der Waals surface area contributed by atoms with Crippen molar-refractivity contribution in [1.82, 2.24) is 0 Å². The molecule has 0 N–H and O–H groups in total. The van der Waals surface area contributed by atoms with Gasteiger partial charge >= 0.3 is 0 Å². The Balaban J connectivity index is 1.42. The van der Waals surface area contributed by atoms with Crippen molar-refractivity contribution in [1.29, 1.82) is 0 Å². The number of hydrogen-bond donors (Lipinski definition) is 0. The van der Waals surface area contributed by atoms with Crippen molar-refractivity contribution in [2.75, 3.05) is 0 Å². The quantitative estimate of drug-likeness (QED) is 0.197. The highest BCUT2D eigenvalue weighted by molar-refractivity contribution is 6.22. The van der Waals surface area contributed by atoms with Crippen LogP contribution >= 0.6 is 0 Å². The van der Waals surface area contributed by atoms with E-state index in [9.17, 15) is 4.11 Å². The van der Waals surface area contributed by atoms with Crippen molar-refractivity contribution < 1.29 is 19.5 Å². The molecule has 0 bridgehead atoms. The van der Waals surface area contributed by atoms with Gasteiger partial charge < -0.3 is 4.42 Å². The van der Waals surface area contributed by atoms with Crippen LogP contribution in [0.2, 0.25) is 0 Å². The van der Waals surface area contributed by atoms with Crippen LogP contribution < -0.4 is 0 Å². The summed E-state index contributed by atoms with van der Waals surface area (Å²) in [6.45, 7) is 0. The lowest BCUT2D eigenvalue weighted by atomic mass is 9.85. The molecule has 0 radical (unpaired) electrons. The lowest BCUT2D eigenvalue weighted by molar-refractivity contribution is 0.670. The third kappa shape index (κ3) is 3.72. The molecule has 200 valence electrons. The lowest BCUT2D eigenvalue weighted by Crippen LogP contribution is -1.90. The highest BCUT2D eigenvalue weighted by Gasteiger charge is 2.18. The number of benzene rings is 8.